The number of nitrogens with zero attached hydrogens (tertiary/aromatic N) is 2. The number of likely N-dealkylation sites (tertiary alicyclic amines) is 1. The van der Waals surface area contributed by atoms with Crippen LogP contribution in [0.25, 0.3) is 0 Å². The summed E-state index contributed by atoms with van der Waals surface area (Å²) >= 11 is 0. The molecule has 1 N–H and O–H groups in total. The van der Waals surface area contributed by atoms with Gasteiger partial charge >= 0.3 is 0 Å². The van der Waals surface area contributed by atoms with Crippen LogP contribution in [0.3, 0.4) is 0 Å². The normalized spacial score (nSPS) is 21.6. The van der Waals surface area contributed by atoms with Crippen LogP contribution >= 0.6 is 0 Å². The van der Waals surface area contributed by atoms with Crippen LogP contribution in [0, 0.1) is 5.82 Å². The number of likely N-dealkylation sites (N-methyl/N-ethyl adjacent to an activating group) is 1. The second-order valence-corrected chi connectivity index (χ2v) is 4.64. The summed E-state index contributed by atoms with van der Waals surface area (Å²) in [5.41, 5.74) is 0.960. The molecule has 0 aromatic carbocycles. The molecule has 1 aromatic heterocycles. The molecule has 0 amide bonds. The third-order valence-electron chi connectivity index (χ3n) is 3.17. The van der Waals surface area contributed by atoms with E-state index in [0.717, 1.165) is 31.7 Å². The highest BCUT2D eigenvalue weighted by atomic mass is 19.1. The Labute approximate surface area is 102 Å². The largest absolute Gasteiger partial charge is 0.313 e. The van der Waals surface area contributed by atoms with Gasteiger partial charge in [-0.05, 0) is 37.6 Å². The zero-order valence-electron chi connectivity index (χ0n) is 10.3. The van der Waals surface area contributed by atoms with Gasteiger partial charge in [0.1, 0.15) is 5.82 Å². The summed E-state index contributed by atoms with van der Waals surface area (Å²) in [6, 6.07) is 2.15. The number of nitrogens with one attached hydrogen (secondary N) is 1. The van der Waals surface area contributed by atoms with Crippen molar-refractivity contribution >= 4 is 0 Å². The number of aromatic nitrogens is 1. The highest BCUT2D eigenvalue weighted by molar-refractivity contribution is 5.10. The van der Waals surface area contributed by atoms with E-state index in [9.17, 15) is 4.39 Å². The molecule has 1 fully saturated rings. The molecule has 0 aliphatic carbocycles. The minimum absolute atomic E-state index is 0.247. The fourth-order valence-corrected chi connectivity index (χ4v) is 2.45. The molecule has 2 heterocycles. The molecule has 1 aliphatic heterocycles. The SMILES string of the molecule is CCNC1CCCN(Cc2cncc(F)c2)C1. The number of pyridine rings is 1. The van der Waals surface area contributed by atoms with Gasteiger partial charge in [0.15, 0.2) is 0 Å². The van der Waals surface area contributed by atoms with Crippen LogP contribution in [0.2, 0.25) is 0 Å². The molecule has 2 rings (SSSR count). The molecule has 3 nitrogen and oxygen atoms in total. The van der Waals surface area contributed by atoms with Gasteiger partial charge in [-0.2, -0.15) is 0 Å². The summed E-state index contributed by atoms with van der Waals surface area (Å²) in [6.45, 7) is 6.09. The molecule has 1 unspecified atom stereocenters. The molecular formula is C13H20FN3. The number of halogens is 1. The predicted octanol–water partition coefficient (Wildman–Crippen LogP) is 1.79. The van der Waals surface area contributed by atoms with Crippen LogP contribution < -0.4 is 5.32 Å². The lowest BCUT2D eigenvalue weighted by molar-refractivity contribution is 0.184. The van der Waals surface area contributed by atoms with Crippen molar-refractivity contribution in [1.29, 1.82) is 0 Å². The van der Waals surface area contributed by atoms with Gasteiger partial charge in [-0.3, -0.25) is 9.88 Å². The van der Waals surface area contributed by atoms with Crippen molar-refractivity contribution in [2.24, 2.45) is 0 Å². The molecule has 0 saturated carbocycles. The molecule has 1 aromatic rings. The van der Waals surface area contributed by atoms with E-state index in [1.165, 1.54) is 19.0 Å². The molecule has 4 heteroatoms. The Hall–Kier alpha value is -1.00. The quantitative estimate of drug-likeness (QED) is 0.865. The topological polar surface area (TPSA) is 28.2 Å². The fourth-order valence-electron chi connectivity index (χ4n) is 2.45. The maximum atomic E-state index is 13.0. The van der Waals surface area contributed by atoms with Crippen LogP contribution in [0.1, 0.15) is 25.3 Å². The van der Waals surface area contributed by atoms with E-state index in [-0.39, 0.29) is 5.82 Å². The van der Waals surface area contributed by atoms with E-state index in [0.29, 0.717) is 6.04 Å². The summed E-state index contributed by atoms with van der Waals surface area (Å²) < 4.78 is 13.0. The van der Waals surface area contributed by atoms with Gasteiger partial charge in [-0.1, -0.05) is 6.92 Å². The summed E-state index contributed by atoms with van der Waals surface area (Å²) in [5, 5.41) is 3.48. The number of rotatable bonds is 4. The van der Waals surface area contributed by atoms with Crippen LogP contribution in [0.15, 0.2) is 18.5 Å². The van der Waals surface area contributed by atoms with E-state index in [1.807, 2.05) is 0 Å². The Morgan fingerprint density at radius 2 is 2.41 bits per heavy atom. The van der Waals surface area contributed by atoms with Gasteiger partial charge in [0.05, 0.1) is 6.20 Å². The van der Waals surface area contributed by atoms with Crippen LogP contribution in [0.5, 0.6) is 0 Å². The van der Waals surface area contributed by atoms with E-state index in [2.05, 4.69) is 22.1 Å². The minimum atomic E-state index is -0.247. The Kier molecular flexibility index (Phi) is 4.45. The standard InChI is InChI=1S/C13H20FN3/c1-2-16-13-4-3-5-17(10-13)9-11-6-12(14)8-15-7-11/h6-8,13,16H,2-5,9-10H2,1H3. The number of piperidine rings is 1. The first kappa shape index (κ1) is 12.5. The van der Waals surface area contributed by atoms with E-state index < -0.39 is 0 Å². The second-order valence-electron chi connectivity index (χ2n) is 4.64. The first-order valence-electron chi connectivity index (χ1n) is 6.33. The molecule has 1 saturated heterocycles. The third-order valence-corrected chi connectivity index (χ3v) is 3.17. The molecule has 94 valence electrons. The van der Waals surface area contributed by atoms with Gasteiger partial charge in [0.2, 0.25) is 0 Å². The average molecular weight is 237 g/mol. The molecule has 0 bridgehead atoms. The van der Waals surface area contributed by atoms with Crippen molar-refractivity contribution in [3.8, 4) is 0 Å². The highest BCUT2D eigenvalue weighted by Crippen LogP contribution is 2.13. The first-order chi connectivity index (χ1) is 8.28. The van der Waals surface area contributed by atoms with E-state index >= 15 is 0 Å². The van der Waals surface area contributed by atoms with Crippen LogP contribution in [-0.4, -0.2) is 35.6 Å². The second kappa shape index (κ2) is 6.07. The minimum Gasteiger partial charge on any atom is -0.313 e. The zero-order chi connectivity index (χ0) is 12.1. The van der Waals surface area contributed by atoms with Crippen LogP contribution in [0.4, 0.5) is 4.39 Å². The zero-order valence-corrected chi connectivity index (χ0v) is 10.3. The van der Waals surface area contributed by atoms with Crippen molar-refractivity contribution in [2.45, 2.75) is 32.4 Å². The monoisotopic (exact) mass is 237 g/mol. The van der Waals surface area contributed by atoms with E-state index in [1.54, 1.807) is 12.3 Å². The Morgan fingerprint density at radius 3 is 3.18 bits per heavy atom. The molecule has 1 atom stereocenters. The van der Waals surface area contributed by atoms with Crippen molar-refractivity contribution < 1.29 is 4.39 Å². The Morgan fingerprint density at radius 1 is 1.53 bits per heavy atom. The van der Waals surface area contributed by atoms with Crippen LogP contribution in [-0.2, 0) is 6.54 Å². The molecular weight excluding hydrogens is 217 g/mol. The summed E-state index contributed by atoms with van der Waals surface area (Å²) in [4.78, 5) is 6.26. The Balaban J connectivity index is 1.90. The molecule has 0 radical (unpaired) electrons. The summed E-state index contributed by atoms with van der Waals surface area (Å²) in [6.07, 6.45) is 5.45. The van der Waals surface area contributed by atoms with Crippen molar-refractivity contribution in [3.05, 3.63) is 29.8 Å². The Bertz CT molecular complexity index is 354. The van der Waals surface area contributed by atoms with Gasteiger partial charge in [0, 0.05) is 25.3 Å². The maximum Gasteiger partial charge on any atom is 0.141 e. The lowest BCUT2D eigenvalue weighted by Gasteiger charge is -2.33. The lowest BCUT2D eigenvalue weighted by atomic mass is 10.1. The van der Waals surface area contributed by atoms with Gasteiger partial charge < -0.3 is 5.32 Å². The fraction of sp³-hybridized carbons (Fsp3) is 0.615. The van der Waals surface area contributed by atoms with Crippen molar-refractivity contribution in [2.75, 3.05) is 19.6 Å². The van der Waals surface area contributed by atoms with E-state index in [4.69, 9.17) is 0 Å². The average Bonchev–Trinajstić information content (AvgIpc) is 2.30. The smallest absolute Gasteiger partial charge is 0.141 e. The lowest BCUT2D eigenvalue weighted by Crippen LogP contribution is -2.45. The van der Waals surface area contributed by atoms with Gasteiger partial charge in [0.25, 0.3) is 0 Å². The maximum absolute atomic E-state index is 13.0. The number of hydrogen-bond donors (Lipinski definition) is 1. The molecule has 1 aliphatic rings. The van der Waals surface area contributed by atoms with Crippen molar-refractivity contribution in [3.63, 3.8) is 0 Å². The molecule has 0 spiro atoms. The number of hydrogen-bond acceptors (Lipinski definition) is 3. The van der Waals surface area contributed by atoms with Gasteiger partial charge in [-0.15, -0.1) is 0 Å². The highest BCUT2D eigenvalue weighted by Gasteiger charge is 2.18. The summed E-state index contributed by atoms with van der Waals surface area (Å²) in [7, 11) is 0. The third kappa shape index (κ3) is 3.75. The van der Waals surface area contributed by atoms with Gasteiger partial charge in [-0.25, -0.2) is 4.39 Å². The predicted molar refractivity (Wildman–Crippen MR) is 66.2 cm³/mol. The summed E-state index contributed by atoms with van der Waals surface area (Å²) in [5.74, 6) is -0.247. The molecule has 17 heavy (non-hydrogen) atoms. The first-order valence-corrected chi connectivity index (χ1v) is 6.33. The van der Waals surface area contributed by atoms with Crippen molar-refractivity contribution in [1.82, 2.24) is 15.2 Å².